The highest BCUT2D eigenvalue weighted by Gasteiger charge is 2.24. The van der Waals surface area contributed by atoms with Crippen molar-refractivity contribution >= 4 is 30.1 Å². The summed E-state index contributed by atoms with van der Waals surface area (Å²) < 4.78 is 5.14. The van der Waals surface area contributed by atoms with Gasteiger partial charge in [0.05, 0.1) is 11.3 Å². The molecule has 3 rings (SSSR count). The summed E-state index contributed by atoms with van der Waals surface area (Å²) in [4.78, 5) is 20.0. The number of likely N-dealkylation sites (tertiary alicyclic amines) is 1. The summed E-state index contributed by atoms with van der Waals surface area (Å²) in [6, 6.07) is 8.24. The molecule has 0 bridgehead atoms. The maximum atomic E-state index is 12.9. The average molecular weight is 383 g/mol. The number of carbonyl (C=O) groups excluding carboxylic acids is 1. The lowest BCUT2D eigenvalue weighted by Gasteiger charge is -2.32. The first-order chi connectivity index (χ1) is 11.7. The second-order valence-corrected chi connectivity index (χ2v) is 6.89. The summed E-state index contributed by atoms with van der Waals surface area (Å²) in [5.41, 5.74) is 0.752. The lowest BCUT2D eigenvalue weighted by Crippen LogP contribution is -2.44. The van der Waals surface area contributed by atoms with Crippen LogP contribution in [0.1, 0.15) is 34.9 Å². The molecule has 0 unspecified atom stereocenters. The molecule has 1 N–H and O–H groups in total. The number of thioether (sulfide) groups is 1. The number of aryl methyl sites for hydroxylation is 1. The van der Waals surface area contributed by atoms with Gasteiger partial charge in [0.15, 0.2) is 5.82 Å². The zero-order valence-corrected chi connectivity index (χ0v) is 16.0. The number of benzene rings is 1. The molecule has 0 radical (unpaired) electrons. The third-order valence-electron chi connectivity index (χ3n) is 4.23. The van der Waals surface area contributed by atoms with Gasteiger partial charge in [-0.15, -0.1) is 24.2 Å². The molecule has 1 amide bonds. The summed E-state index contributed by atoms with van der Waals surface area (Å²) in [7, 11) is 1.98. The van der Waals surface area contributed by atoms with Crippen molar-refractivity contribution in [3.63, 3.8) is 0 Å². The molecule has 1 fully saturated rings. The van der Waals surface area contributed by atoms with Crippen molar-refractivity contribution in [2.45, 2.75) is 36.5 Å². The van der Waals surface area contributed by atoms with Crippen LogP contribution in [0.15, 0.2) is 33.7 Å². The predicted octanol–water partition coefficient (Wildman–Crippen LogP) is 2.92. The Morgan fingerprint density at radius 3 is 2.72 bits per heavy atom. The van der Waals surface area contributed by atoms with Crippen molar-refractivity contribution in [3.8, 4) is 0 Å². The third-order valence-corrected chi connectivity index (χ3v) is 5.29. The monoisotopic (exact) mass is 382 g/mol. The highest BCUT2D eigenvalue weighted by molar-refractivity contribution is 7.98. The van der Waals surface area contributed by atoms with Crippen LogP contribution in [0.2, 0.25) is 0 Å². The maximum absolute atomic E-state index is 12.9. The van der Waals surface area contributed by atoms with E-state index in [9.17, 15) is 4.79 Å². The second-order valence-electron chi connectivity index (χ2n) is 5.88. The van der Waals surface area contributed by atoms with E-state index in [-0.39, 0.29) is 18.3 Å². The number of nitrogens with one attached hydrogen (secondary N) is 1. The van der Waals surface area contributed by atoms with E-state index in [1.165, 1.54) is 0 Å². The van der Waals surface area contributed by atoms with Gasteiger partial charge in [0.1, 0.15) is 0 Å². The molecular weight excluding hydrogens is 360 g/mol. The van der Waals surface area contributed by atoms with Crippen LogP contribution in [-0.2, 0) is 5.75 Å². The highest BCUT2D eigenvalue weighted by Crippen LogP contribution is 2.27. The molecule has 136 valence electrons. The SMILES string of the molecule is CNC1CCN(C(=O)c2ccccc2SCc2nc(C)no2)CC1.Cl. The van der Waals surface area contributed by atoms with Crippen molar-refractivity contribution < 1.29 is 9.32 Å². The van der Waals surface area contributed by atoms with E-state index in [0.29, 0.717) is 23.5 Å². The Morgan fingerprint density at radius 1 is 1.36 bits per heavy atom. The molecule has 25 heavy (non-hydrogen) atoms. The van der Waals surface area contributed by atoms with Gasteiger partial charge in [0, 0.05) is 24.0 Å². The molecule has 1 aliphatic rings. The van der Waals surface area contributed by atoms with Gasteiger partial charge >= 0.3 is 0 Å². The van der Waals surface area contributed by atoms with Gasteiger partial charge in [-0.05, 0) is 38.9 Å². The van der Waals surface area contributed by atoms with Crippen LogP contribution in [0, 0.1) is 6.92 Å². The Labute approximate surface area is 158 Å². The van der Waals surface area contributed by atoms with E-state index in [2.05, 4.69) is 15.5 Å². The van der Waals surface area contributed by atoms with E-state index in [1.54, 1.807) is 18.7 Å². The number of piperidine rings is 1. The fourth-order valence-electron chi connectivity index (χ4n) is 2.85. The number of nitrogens with zero attached hydrogens (tertiary/aromatic N) is 3. The summed E-state index contributed by atoms with van der Waals surface area (Å²) in [6.07, 6.45) is 2.00. The molecule has 6 nitrogen and oxygen atoms in total. The van der Waals surface area contributed by atoms with Gasteiger partial charge < -0.3 is 14.7 Å². The largest absolute Gasteiger partial charge is 0.338 e. The molecule has 0 saturated carbocycles. The Morgan fingerprint density at radius 2 is 2.08 bits per heavy atom. The molecule has 1 saturated heterocycles. The van der Waals surface area contributed by atoms with Crippen LogP contribution in [-0.4, -0.2) is 47.1 Å². The zero-order chi connectivity index (χ0) is 16.9. The number of rotatable bonds is 5. The minimum absolute atomic E-state index is 0. The van der Waals surface area contributed by atoms with Crippen molar-refractivity contribution in [2.24, 2.45) is 0 Å². The molecule has 0 spiro atoms. The van der Waals surface area contributed by atoms with Gasteiger partial charge in [-0.2, -0.15) is 4.98 Å². The summed E-state index contributed by atoms with van der Waals surface area (Å²) in [6.45, 7) is 3.39. The fourth-order valence-corrected chi connectivity index (χ4v) is 3.73. The Kier molecular flexibility index (Phi) is 7.28. The molecule has 8 heteroatoms. The average Bonchev–Trinajstić information content (AvgIpc) is 3.05. The topological polar surface area (TPSA) is 71.3 Å². The first-order valence-electron chi connectivity index (χ1n) is 8.15. The Bertz CT molecular complexity index is 701. The number of hydrogen-bond donors (Lipinski definition) is 1. The van der Waals surface area contributed by atoms with Crippen LogP contribution in [0.5, 0.6) is 0 Å². The van der Waals surface area contributed by atoms with Crippen molar-refractivity contribution in [1.29, 1.82) is 0 Å². The smallest absolute Gasteiger partial charge is 0.254 e. The molecular formula is C17H23ClN4O2S. The fraction of sp³-hybridized carbons (Fsp3) is 0.471. The molecule has 0 atom stereocenters. The van der Waals surface area contributed by atoms with Gasteiger partial charge in [-0.1, -0.05) is 17.3 Å². The Hall–Kier alpha value is -1.57. The van der Waals surface area contributed by atoms with Crippen molar-refractivity contribution in [2.75, 3.05) is 20.1 Å². The Balaban J connectivity index is 0.00000225. The zero-order valence-electron chi connectivity index (χ0n) is 14.4. The van der Waals surface area contributed by atoms with E-state index >= 15 is 0 Å². The first kappa shape index (κ1) is 19.8. The highest BCUT2D eigenvalue weighted by atomic mass is 35.5. The second kappa shape index (κ2) is 9.22. The first-order valence-corrected chi connectivity index (χ1v) is 9.13. The summed E-state index contributed by atoms with van der Waals surface area (Å²) in [5, 5.41) is 7.08. The van der Waals surface area contributed by atoms with Crippen LogP contribution >= 0.6 is 24.2 Å². The minimum atomic E-state index is 0. The standard InChI is InChI=1S/C17H22N4O2S.ClH/c1-12-19-16(23-20-12)11-24-15-6-4-3-5-14(15)17(22)21-9-7-13(18-2)8-10-21;/h3-6,13,18H,7-11H2,1-2H3;1H. The molecule has 2 heterocycles. The number of hydrogen-bond acceptors (Lipinski definition) is 6. The number of amides is 1. The van der Waals surface area contributed by atoms with Crippen LogP contribution in [0.4, 0.5) is 0 Å². The van der Waals surface area contributed by atoms with Crippen LogP contribution in [0.25, 0.3) is 0 Å². The maximum Gasteiger partial charge on any atom is 0.254 e. The number of aromatic nitrogens is 2. The normalized spacial score (nSPS) is 15.0. The van der Waals surface area contributed by atoms with E-state index < -0.39 is 0 Å². The van der Waals surface area contributed by atoms with Gasteiger partial charge in [-0.3, -0.25) is 4.79 Å². The summed E-state index contributed by atoms with van der Waals surface area (Å²) >= 11 is 1.55. The molecule has 1 aromatic heterocycles. The minimum Gasteiger partial charge on any atom is -0.338 e. The van der Waals surface area contributed by atoms with Crippen molar-refractivity contribution in [1.82, 2.24) is 20.4 Å². The number of carbonyl (C=O) groups is 1. The summed E-state index contributed by atoms with van der Waals surface area (Å²) in [5.74, 6) is 1.87. The van der Waals surface area contributed by atoms with Crippen molar-refractivity contribution in [3.05, 3.63) is 41.5 Å². The molecule has 1 aromatic carbocycles. The van der Waals surface area contributed by atoms with Gasteiger partial charge in [0.25, 0.3) is 5.91 Å². The van der Waals surface area contributed by atoms with Gasteiger partial charge in [0.2, 0.25) is 5.89 Å². The van der Waals surface area contributed by atoms with Crippen LogP contribution in [0.3, 0.4) is 0 Å². The number of halogens is 1. The third kappa shape index (κ3) is 4.96. The van der Waals surface area contributed by atoms with E-state index in [1.807, 2.05) is 36.2 Å². The van der Waals surface area contributed by atoms with E-state index in [4.69, 9.17) is 4.52 Å². The molecule has 2 aromatic rings. The molecule has 1 aliphatic heterocycles. The lowest BCUT2D eigenvalue weighted by atomic mass is 10.0. The van der Waals surface area contributed by atoms with Crippen LogP contribution < -0.4 is 5.32 Å². The lowest BCUT2D eigenvalue weighted by molar-refractivity contribution is 0.0704. The quantitative estimate of drug-likeness (QED) is 0.801. The predicted molar refractivity (Wildman–Crippen MR) is 100 cm³/mol. The van der Waals surface area contributed by atoms with Gasteiger partial charge in [-0.25, -0.2) is 0 Å². The molecule has 0 aliphatic carbocycles. The van der Waals surface area contributed by atoms with E-state index in [0.717, 1.165) is 36.4 Å².